The molecular formula is C24H32N2O3. The Balaban J connectivity index is 1.10. The lowest BCUT2D eigenvalue weighted by Gasteiger charge is -2.34. The molecule has 5 heteroatoms. The maximum atomic E-state index is 5.88. The van der Waals surface area contributed by atoms with Crippen molar-refractivity contribution in [1.82, 2.24) is 9.80 Å². The van der Waals surface area contributed by atoms with E-state index in [4.69, 9.17) is 14.2 Å². The van der Waals surface area contributed by atoms with Crippen LogP contribution < -0.4 is 14.2 Å². The second-order valence-corrected chi connectivity index (χ2v) is 8.18. The molecule has 2 heterocycles. The van der Waals surface area contributed by atoms with Gasteiger partial charge in [0.25, 0.3) is 0 Å². The fourth-order valence-corrected chi connectivity index (χ4v) is 4.24. The Morgan fingerprint density at radius 2 is 1.83 bits per heavy atom. The molecule has 0 atom stereocenters. The molecule has 2 aliphatic heterocycles. The molecule has 29 heavy (non-hydrogen) atoms. The van der Waals surface area contributed by atoms with E-state index >= 15 is 0 Å². The minimum Gasteiger partial charge on any atom is -0.493 e. The van der Waals surface area contributed by atoms with E-state index in [0.717, 1.165) is 49.3 Å². The van der Waals surface area contributed by atoms with Crippen LogP contribution >= 0.6 is 0 Å². The molecule has 0 spiro atoms. The molecule has 0 unspecified atom stereocenters. The summed E-state index contributed by atoms with van der Waals surface area (Å²) in [6.45, 7) is 6.78. The van der Waals surface area contributed by atoms with Gasteiger partial charge in [-0.25, -0.2) is 0 Å². The second-order valence-electron chi connectivity index (χ2n) is 8.18. The van der Waals surface area contributed by atoms with E-state index in [-0.39, 0.29) is 0 Å². The predicted octanol–water partition coefficient (Wildman–Crippen LogP) is 4.03. The minimum absolute atomic E-state index is 0.302. The van der Waals surface area contributed by atoms with Crippen LogP contribution in [0.15, 0.2) is 48.5 Å². The highest BCUT2D eigenvalue weighted by molar-refractivity contribution is 5.46. The molecule has 1 saturated heterocycles. The van der Waals surface area contributed by atoms with Gasteiger partial charge in [0.15, 0.2) is 11.5 Å². The Morgan fingerprint density at radius 3 is 2.66 bits per heavy atom. The van der Waals surface area contributed by atoms with Gasteiger partial charge in [-0.2, -0.15) is 0 Å². The Kier molecular flexibility index (Phi) is 6.91. The number of rotatable bonds is 9. The average molecular weight is 397 g/mol. The van der Waals surface area contributed by atoms with Crippen molar-refractivity contribution < 1.29 is 14.2 Å². The number of hydrogen-bond donors (Lipinski definition) is 0. The number of benzene rings is 2. The van der Waals surface area contributed by atoms with Crippen molar-refractivity contribution in [3.05, 3.63) is 54.1 Å². The van der Waals surface area contributed by atoms with Crippen LogP contribution in [0.3, 0.4) is 0 Å². The van der Waals surface area contributed by atoms with E-state index in [2.05, 4.69) is 47.2 Å². The van der Waals surface area contributed by atoms with Gasteiger partial charge in [0.2, 0.25) is 6.79 Å². The molecule has 2 aromatic carbocycles. The Bertz CT molecular complexity index is 760. The first-order valence-electron chi connectivity index (χ1n) is 10.7. The van der Waals surface area contributed by atoms with Gasteiger partial charge >= 0.3 is 0 Å². The van der Waals surface area contributed by atoms with Gasteiger partial charge in [0.1, 0.15) is 5.75 Å². The lowest BCUT2D eigenvalue weighted by atomic mass is 9.96. The molecule has 156 valence electrons. The molecule has 0 aromatic heterocycles. The van der Waals surface area contributed by atoms with E-state index in [1.165, 1.54) is 38.0 Å². The number of hydrogen-bond acceptors (Lipinski definition) is 5. The lowest BCUT2D eigenvalue weighted by Crippen LogP contribution is -2.38. The topological polar surface area (TPSA) is 34.2 Å². The zero-order valence-electron chi connectivity index (χ0n) is 17.4. The molecule has 1 fully saturated rings. The monoisotopic (exact) mass is 396 g/mol. The van der Waals surface area contributed by atoms with Gasteiger partial charge in [0.05, 0.1) is 6.61 Å². The number of ether oxygens (including phenoxy) is 3. The first kappa shape index (κ1) is 20.0. The fraction of sp³-hybridized carbons (Fsp3) is 0.500. The van der Waals surface area contributed by atoms with Crippen LogP contribution in [-0.2, 0) is 6.54 Å². The molecule has 0 aliphatic carbocycles. The van der Waals surface area contributed by atoms with Crippen LogP contribution in [0.2, 0.25) is 0 Å². The summed E-state index contributed by atoms with van der Waals surface area (Å²) in [5.74, 6) is 3.25. The summed E-state index contributed by atoms with van der Waals surface area (Å²) in [4.78, 5) is 5.05. The quantitative estimate of drug-likeness (QED) is 0.598. The first-order chi connectivity index (χ1) is 14.3. The van der Waals surface area contributed by atoms with E-state index in [1.54, 1.807) is 0 Å². The van der Waals surface area contributed by atoms with Crippen molar-refractivity contribution in [2.24, 2.45) is 5.92 Å². The summed E-state index contributed by atoms with van der Waals surface area (Å²) in [6, 6.07) is 16.5. The molecule has 0 amide bonds. The average Bonchev–Trinajstić information content (AvgIpc) is 3.21. The van der Waals surface area contributed by atoms with Gasteiger partial charge in [-0.3, -0.25) is 0 Å². The Morgan fingerprint density at radius 1 is 1.03 bits per heavy atom. The van der Waals surface area contributed by atoms with Gasteiger partial charge < -0.3 is 24.0 Å². The molecule has 2 aliphatic rings. The van der Waals surface area contributed by atoms with Crippen LogP contribution in [-0.4, -0.2) is 56.4 Å². The molecular weight excluding hydrogens is 364 g/mol. The van der Waals surface area contributed by atoms with Crippen molar-refractivity contribution in [1.29, 1.82) is 0 Å². The number of nitrogens with zero attached hydrogens (tertiary/aromatic N) is 2. The van der Waals surface area contributed by atoms with Crippen molar-refractivity contribution in [2.75, 3.05) is 46.6 Å². The second kappa shape index (κ2) is 9.99. The van der Waals surface area contributed by atoms with Gasteiger partial charge in [-0.05, 0) is 63.0 Å². The molecule has 0 bridgehead atoms. The van der Waals surface area contributed by atoms with Crippen molar-refractivity contribution >= 4 is 0 Å². The maximum absolute atomic E-state index is 5.88. The normalized spacial score (nSPS) is 17.0. The fourth-order valence-electron chi connectivity index (χ4n) is 4.24. The Hall–Kier alpha value is -2.24. The number of piperidine rings is 1. The van der Waals surface area contributed by atoms with Crippen LogP contribution in [0.4, 0.5) is 0 Å². The summed E-state index contributed by atoms with van der Waals surface area (Å²) in [5.41, 5.74) is 1.40. The van der Waals surface area contributed by atoms with Gasteiger partial charge in [0, 0.05) is 25.7 Å². The van der Waals surface area contributed by atoms with Crippen molar-refractivity contribution in [3.8, 4) is 17.2 Å². The van der Waals surface area contributed by atoms with Gasteiger partial charge in [-0.1, -0.05) is 30.3 Å². The molecule has 5 nitrogen and oxygen atoms in total. The van der Waals surface area contributed by atoms with E-state index in [1.807, 2.05) is 18.2 Å². The molecule has 2 aromatic rings. The smallest absolute Gasteiger partial charge is 0.231 e. The van der Waals surface area contributed by atoms with Crippen molar-refractivity contribution in [2.45, 2.75) is 25.8 Å². The zero-order valence-corrected chi connectivity index (χ0v) is 17.4. The zero-order chi connectivity index (χ0) is 19.9. The van der Waals surface area contributed by atoms with E-state index in [0.29, 0.717) is 6.79 Å². The summed E-state index contributed by atoms with van der Waals surface area (Å²) in [7, 11) is 2.24. The first-order valence-corrected chi connectivity index (χ1v) is 10.7. The maximum Gasteiger partial charge on any atom is 0.231 e. The minimum atomic E-state index is 0.302. The SMILES string of the molecule is CN(Cc1ccccc1)CC1CCN(CCCOc2ccc3c(c2)OCO3)CC1. The third-order valence-corrected chi connectivity index (χ3v) is 5.80. The molecule has 0 radical (unpaired) electrons. The highest BCUT2D eigenvalue weighted by Crippen LogP contribution is 2.35. The van der Waals surface area contributed by atoms with Gasteiger partial charge in [-0.15, -0.1) is 0 Å². The van der Waals surface area contributed by atoms with E-state index < -0.39 is 0 Å². The van der Waals surface area contributed by atoms with Crippen LogP contribution in [0.25, 0.3) is 0 Å². The third kappa shape index (κ3) is 5.87. The van der Waals surface area contributed by atoms with Crippen molar-refractivity contribution in [3.63, 3.8) is 0 Å². The highest BCUT2D eigenvalue weighted by atomic mass is 16.7. The highest BCUT2D eigenvalue weighted by Gasteiger charge is 2.20. The summed E-state index contributed by atoms with van der Waals surface area (Å²) >= 11 is 0. The number of likely N-dealkylation sites (tertiary alicyclic amines) is 1. The van der Waals surface area contributed by atoms with Crippen LogP contribution in [0.5, 0.6) is 17.2 Å². The largest absolute Gasteiger partial charge is 0.493 e. The standard InChI is InChI=1S/C24H32N2O3/c1-25(17-20-6-3-2-4-7-20)18-21-10-13-26(14-11-21)12-5-15-27-22-8-9-23-24(16-22)29-19-28-23/h2-4,6-9,16,21H,5,10-15,17-19H2,1H3. The number of fused-ring (bicyclic) bond motifs is 1. The summed E-state index contributed by atoms with van der Waals surface area (Å²) < 4.78 is 16.6. The molecule has 4 rings (SSSR count). The Labute approximate surface area is 174 Å². The lowest BCUT2D eigenvalue weighted by molar-refractivity contribution is 0.145. The third-order valence-electron chi connectivity index (χ3n) is 5.80. The molecule has 0 N–H and O–H groups in total. The van der Waals surface area contributed by atoms with Crippen LogP contribution in [0.1, 0.15) is 24.8 Å². The molecule has 0 saturated carbocycles. The summed E-state index contributed by atoms with van der Waals surface area (Å²) in [5, 5.41) is 0. The summed E-state index contributed by atoms with van der Waals surface area (Å²) in [6.07, 6.45) is 3.64. The van der Waals surface area contributed by atoms with E-state index in [9.17, 15) is 0 Å². The van der Waals surface area contributed by atoms with Crippen LogP contribution in [0, 0.1) is 5.92 Å². The predicted molar refractivity (Wildman–Crippen MR) is 115 cm³/mol.